The molecular weight excluding hydrogens is 297 g/mol. The molecule has 120 valence electrons. The smallest absolute Gasteiger partial charge is 0.233 e. The Labute approximate surface area is 135 Å². The normalized spacial score (nSPS) is 19.9. The standard InChI is InChI=1S/C14H27N3O.2ClH/c1-17-8-5-12(6-9-17)4-7-16-14(18)11-15-10-13-2-3-13;;/h12-13,15H,2-11H2,1H3,(H,16,18);2*1H. The molecule has 2 aliphatic rings. The van der Waals surface area contributed by atoms with Gasteiger partial charge in [0.1, 0.15) is 0 Å². The van der Waals surface area contributed by atoms with Gasteiger partial charge in [-0.1, -0.05) is 0 Å². The Bertz CT molecular complexity index is 267. The molecule has 6 heteroatoms. The number of hydrogen-bond acceptors (Lipinski definition) is 3. The molecule has 1 amide bonds. The number of nitrogens with zero attached hydrogens (tertiary/aromatic N) is 1. The zero-order valence-electron chi connectivity index (χ0n) is 12.4. The maximum atomic E-state index is 11.6. The predicted molar refractivity (Wildman–Crippen MR) is 87.9 cm³/mol. The van der Waals surface area contributed by atoms with E-state index in [1.807, 2.05) is 0 Å². The van der Waals surface area contributed by atoms with Crippen LogP contribution in [0.15, 0.2) is 0 Å². The third-order valence-electron chi connectivity index (χ3n) is 4.13. The van der Waals surface area contributed by atoms with E-state index in [9.17, 15) is 4.79 Å². The van der Waals surface area contributed by atoms with Crippen molar-refractivity contribution >= 4 is 30.7 Å². The Morgan fingerprint density at radius 3 is 2.35 bits per heavy atom. The number of nitrogens with one attached hydrogen (secondary N) is 2. The molecule has 0 spiro atoms. The zero-order chi connectivity index (χ0) is 12.8. The first-order chi connectivity index (χ1) is 8.74. The second-order valence-corrected chi connectivity index (χ2v) is 5.96. The molecule has 2 fully saturated rings. The number of hydrogen-bond donors (Lipinski definition) is 2. The van der Waals surface area contributed by atoms with Crippen LogP contribution in [0.4, 0.5) is 0 Å². The van der Waals surface area contributed by atoms with Crippen molar-refractivity contribution < 1.29 is 4.79 Å². The average Bonchev–Trinajstić information content (AvgIpc) is 3.16. The number of carbonyl (C=O) groups excluding carboxylic acids is 1. The number of carbonyl (C=O) groups is 1. The summed E-state index contributed by atoms with van der Waals surface area (Å²) in [4.78, 5) is 13.9. The maximum absolute atomic E-state index is 11.6. The van der Waals surface area contributed by atoms with Gasteiger partial charge in [0, 0.05) is 6.54 Å². The second-order valence-electron chi connectivity index (χ2n) is 5.96. The third-order valence-corrected chi connectivity index (χ3v) is 4.13. The van der Waals surface area contributed by atoms with Gasteiger partial charge in [-0.05, 0) is 70.6 Å². The van der Waals surface area contributed by atoms with Crippen LogP contribution in [0.1, 0.15) is 32.1 Å². The van der Waals surface area contributed by atoms with E-state index in [-0.39, 0.29) is 30.7 Å². The van der Waals surface area contributed by atoms with Gasteiger partial charge >= 0.3 is 0 Å². The molecule has 0 radical (unpaired) electrons. The minimum Gasteiger partial charge on any atom is -0.355 e. The molecule has 0 bridgehead atoms. The van der Waals surface area contributed by atoms with E-state index in [4.69, 9.17) is 0 Å². The number of amides is 1. The van der Waals surface area contributed by atoms with E-state index in [0.29, 0.717) is 6.54 Å². The lowest BCUT2D eigenvalue weighted by atomic mass is 9.94. The third kappa shape index (κ3) is 8.30. The van der Waals surface area contributed by atoms with Crippen LogP contribution in [0.2, 0.25) is 0 Å². The first-order valence-corrected chi connectivity index (χ1v) is 7.40. The summed E-state index contributed by atoms with van der Waals surface area (Å²) >= 11 is 0. The monoisotopic (exact) mass is 325 g/mol. The number of rotatable bonds is 7. The molecule has 1 aliphatic heterocycles. The molecular formula is C14H29Cl2N3O. The van der Waals surface area contributed by atoms with Crippen molar-refractivity contribution in [2.24, 2.45) is 11.8 Å². The molecule has 0 aromatic carbocycles. The van der Waals surface area contributed by atoms with Crippen LogP contribution in [0.25, 0.3) is 0 Å². The van der Waals surface area contributed by atoms with Crippen molar-refractivity contribution in [3.8, 4) is 0 Å². The maximum Gasteiger partial charge on any atom is 0.233 e. The molecule has 2 rings (SSSR count). The van der Waals surface area contributed by atoms with Gasteiger partial charge in [0.05, 0.1) is 6.54 Å². The quantitative estimate of drug-likeness (QED) is 0.748. The average molecular weight is 326 g/mol. The SMILES string of the molecule is CN1CCC(CCNC(=O)CNCC2CC2)CC1.Cl.Cl. The highest BCUT2D eigenvalue weighted by atomic mass is 35.5. The topological polar surface area (TPSA) is 44.4 Å². The van der Waals surface area contributed by atoms with Crippen molar-refractivity contribution in [1.82, 2.24) is 15.5 Å². The molecule has 0 aromatic heterocycles. The lowest BCUT2D eigenvalue weighted by molar-refractivity contribution is -0.120. The Balaban J connectivity index is 0.00000180. The Morgan fingerprint density at radius 1 is 1.10 bits per heavy atom. The lowest BCUT2D eigenvalue weighted by Gasteiger charge is -2.28. The summed E-state index contributed by atoms with van der Waals surface area (Å²) in [5.74, 6) is 1.81. The molecule has 1 saturated heterocycles. The highest BCUT2D eigenvalue weighted by molar-refractivity contribution is 5.85. The first kappa shape index (κ1) is 20.0. The lowest BCUT2D eigenvalue weighted by Crippen LogP contribution is -2.36. The fourth-order valence-corrected chi connectivity index (χ4v) is 2.54. The van der Waals surface area contributed by atoms with Gasteiger partial charge in [0.15, 0.2) is 0 Å². The summed E-state index contributed by atoms with van der Waals surface area (Å²) in [6, 6.07) is 0. The first-order valence-electron chi connectivity index (χ1n) is 7.40. The van der Waals surface area contributed by atoms with Crippen molar-refractivity contribution in [1.29, 1.82) is 0 Å². The summed E-state index contributed by atoms with van der Waals surface area (Å²) in [5.41, 5.74) is 0. The number of piperidine rings is 1. The fraction of sp³-hybridized carbons (Fsp3) is 0.929. The summed E-state index contributed by atoms with van der Waals surface area (Å²) in [5, 5.41) is 6.24. The molecule has 2 N–H and O–H groups in total. The van der Waals surface area contributed by atoms with Crippen LogP contribution in [0.5, 0.6) is 0 Å². The predicted octanol–water partition coefficient (Wildman–Crippen LogP) is 1.68. The number of likely N-dealkylation sites (tertiary alicyclic amines) is 1. The summed E-state index contributed by atoms with van der Waals surface area (Å²) in [6.45, 7) is 4.77. The van der Waals surface area contributed by atoms with E-state index < -0.39 is 0 Å². The Hall–Kier alpha value is -0.0300. The Kier molecular flexibility index (Phi) is 10.6. The molecule has 1 saturated carbocycles. The second kappa shape index (κ2) is 10.7. The Morgan fingerprint density at radius 2 is 1.75 bits per heavy atom. The van der Waals surface area contributed by atoms with Crippen LogP contribution in [-0.4, -0.2) is 50.6 Å². The van der Waals surface area contributed by atoms with E-state index >= 15 is 0 Å². The van der Waals surface area contributed by atoms with Crippen LogP contribution in [0.3, 0.4) is 0 Å². The van der Waals surface area contributed by atoms with Crippen molar-refractivity contribution in [3.63, 3.8) is 0 Å². The van der Waals surface area contributed by atoms with Crippen LogP contribution in [0, 0.1) is 11.8 Å². The van der Waals surface area contributed by atoms with Gasteiger partial charge < -0.3 is 15.5 Å². The molecule has 0 atom stereocenters. The van der Waals surface area contributed by atoms with Gasteiger partial charge in [0.2, 0.25) is 5.91 Å². The van der Waals surface area contributed by atoms with Crippen molar-refractivity contribution in [2.45, 2.75) is 32.1 Å². The summed E-state index contributed by atoms with van der Waals surface area (Å²) < 4.78 is 0. The van der Waals surface area contributed by atoms with Crippen molar-refractivity contribution in [3.05, 3.63) is 0 Å². The minimum atomic E-state index is 0. The van der Waals surface area contributed by atoms with Gasteiger partial charge in [-0.15, -0.1) is 24.8 Å². The van der Waals surface area contributed by atoms with Gasteiger partial charge in [-0.3, -0.25) is 4.79 Å². The minimum absolute atomic E-state index is 0. The largest absolute Gasteiger partial charge is 0.355 e. The fourth-order valence-electron chi connectivity index (χ4n) is 2.54. The van der Waals surface area contributed by atoms with Gasteiger partial charge in [-0.2, -0.15) is 0 Å². The summed E-state index contributed by atoms with van der Waals surface area (Å²) in [7, 11) is 2.18. The van der Waals surface area contributed by atoms with Gasteiger partial charge in [-0.25, -0.2) is 0 Å². The van der Waals surface area contributed by atoms with Crippen molar-refractivity contribution in [2.75, 3.05) is 39.8 Å². The molecule has 1 aliphatic carbocycles. The molecule has 0 aromatic rings. The molecule has 20 heavy (non-hydrogen) atoms. The highest BCUT2D eigenvalue weighted by Gasteiger charge is 2.20. The van der Waals surface area contributed by atoms with E-state index in [0.717, 1.165) is 31.3 Å². The highest BCUT2D eigenvalue weighted by Crippen LogP contribution is 2.27. The van der Waals surface area contributed by atoms with Crippen LogP contribution >= 0.6 is 24.8 Å². The molecule has 0 unspecified atom stereocenters. The van der Waals surface area contributed by atoms with E-state index in [1.54, 1.807) is 0 Å². The van der Waals surface area contributed by atoms with E-state index in [2.05, 4.69) is 22.6 Å². The molecule has 4 nitrogen and oxygen atoms in total. The molecule has 1 heterocycles. The van der Waals surface area contributed by atoms with Gasteiger partial charge in [0.25, 0.3) is 0 Å². The van der Waals surface area contributed by atoms with Crippen LogP contribution in [-0.2, 0) is 4.79 Å². The van der Waals surface area contributed by atoms with Crippen LogP contribution < -0.4 is 10.6 Å². The van der Waals surface area contributed by atoms with E-state index in [1.165, 1.54) is 38.8 Å². The summed E-state index contributed by atoms with van der Waals surface area (Å²) in [6.07, 6.45) is 6.39. The number of halogens is 2. The zero-order valence-corrected chi connectivity index (χ0v) is 14.0.